The van der Waals surface area contributed by atoms with Gasteiger partial charge in [0.05, 0.1) is 22.3 Å². The minimum Gasteiger partial charge on any atom is -0.271 e. The second-order valence-corrected chi connectivity index (χ2v) is 7.19. The van der Waals surface area contributed by atoms with Crippen LogP contribution in [0.4, 0.5) is 0 Å². The zero-order chi connectivity index (χ0) is 17.6. The van der Waals surface area contributed by atoms with E-state index in [2.05, 4.69) is 15.5 Å². The molecule has 7 nitrogen and oxygen atoms in total. The Kier molecular flexibility index (Phi) is 4.18. The van der Waals surface area contributed by atoms with Crippen LogP contribution in [-0.2, 0) is 4.79 Å². The molecule has 1 amide bonds. The third kappa shape index (κ3) is 2.71. The first-order valence-electron chi connectivity index (χ1n) is 7.30. The van der Waals surface area contributed by atoms with Crippen LogP contribution in [0.3, 0.4) is 0 Å². The summed E-state index contributed by atoms with van der Waals surface area (Å²) in [5.41, 5.74) is 3.01. The third-order valence-electron chi connectivity index (χ3n) is 3.81. The molecule has 0 saturated carbocycles. The highest BCUT2D eigenvalue weighted by Gasteiger charge is 2.21. The fourth-order valence-corrected chi connectivity index (χ4v) is 3.49. The Morgan fingerprint density at radius 1 is 1.38 bits per heavy atom. The number of aromatic nitrogens is 4. The average Bonchev–Trinajstić information content (AvgIpc) is 3.06. The lowest BCUT2D eigenvalue weighted by Crippen LogP contribution is -2.38. The Labute approximate surface area is 146 Å². The monoisotopic (exact) mass is 365 g/mol. The van der Waals surface area contributed by atoms with Gasteiger partial charge in [0, 0.05) is 4.88 Å². The molecule has 1 atom stereocenters. The Hall–Kier alpha value is -2.19. The lowest BCUT2D eigenvalue weighted by atomic mass is 10.3. The first-order chi connectivity index (χ1) is 11.3. The number of thiophene rings is 1. The van der Waals surface area contributed by atoms with Gasteiger partial charge in [-0.15, -0.1) is 11.3 Å². The van der Waals surface area contributed by atoms with E-state index < -0.39 is 6.04 Å². The SMILES string of the molecule is Cc1cc2c(=O)n(NC(=O)[C@H](C)n3ncc(Cl)c3C)c(C)nc2s1. The second-order valence-electron chi connectivity index (χ2n) is 5.55. The number of rotatable bonds is 3. The average molecular weight is 366 g/mol. The summed E-state index contributed by atoms with van der Waals surface area (Å²) in [7, 11) is 0. The molecule has 0 aliphatic heterocycles. The predicted molar refractivity (Wildman–Crippen MR) is 94.4 cm³/mol. The van der Waals surface area contributed by atoms with E-state index in [1.54, 1.807) is 26.8 Å². The van der Waals surface area contributed by atoms with Crippen molar-refractivity contribution in [2.75, 3.05) is 5.43 Å². The quantitative estimate of drug-likeness (QED) is 0.773. The zero-order valence-electron chi connectivity index (χ0n) is 13.6. The molecule has 9 heteroatoms. The summed E-state index contributed by atoms with van der Waals surface area (Å²) in [5, 5.41) is 5.08. The molecule has 24 heavy (non-hydrogen) atoms. The molecule has 3 rings (SSSR count). The first kappa shape index (κ1) is 16.7. The van der Waals surface area contributed by atoms with E-state index in [9.17, 15) is 9.59 Å². The van der Waals surface area contributed by atoms with Gasteiger partial charge in [-0.25, -0.2) is 9.66 Å². The molecular weight excluding hydrogens is 350 g/mol. The molecule has 0 aromatic carbocycles. The standard InChI is InChI=1S/C15H16ClN5O2S/c1-7-5-11-14(24-7)18-10(4)21(15(11)23)19-13(22)9(3)20-8(2)12(16)6-17-20/h5-6,9H,1-4H3,(H,19,22)/t9-/m0/s1. The molecule has 0 fully saturated rings. The lowest BCUT2D eigenvalue weighted by Gasteiger charge is -2.16. The van der Waals surface area contributed by atoms with E-state index in [4.69, 9.17) is 11.6 Å². The molecule has 0 saturated heterocycles. The fraction of sp³-hybridized carbons (Fsp3) is 0.333. The van der Waals surface area contributed by atoms with E-state index in [1.165, 1.54) is 26.9 Å². The van der Waals surface area contributed by atoms with Crippen molar-refractivity contribution in [3.63, 3.8) is 0 Å². The molecule has 1 N–H and O–H groups in total. The maximum atomic E-state index is 12.6. The Bertz CT molecular complexity index is 1000. The predicted octanol–water partition coefficient (Wildman–Crippen LogP) is 2.56. The summed E-state index contributed by atoms with van der Waals surface area (Å²) in [6.45, 7) is 7.05. The second kappa shape index (κ2) is 6.03. The van der Waals surface area contributed by atoms with Crippen molar-refractivity contribution in [3.8, 4) is 0 Å². The molecule has 126 valence electrons. The van der Waals surface area contributed by atoms with Crippen LogP contribution in [-0.4, -0.2) is 25.3 Å². The summed E-state index contributed by atoms with van der Waals surface area (Å²) in [6.07, 6.45) is 1.49. The third-order valence-corrected chi connectivity index (χ3v) is 5.12. The lowest BCUT2D eigenvalue weighted by molar-refractivity contribution is -0.120. The van der Waals surface area contributed by atoms with Crippen LogP contribution in [0, 0.1) is 20.8 Å². The molecule has 3 heterocycles. The van der Waals surface area contributed by atoms with E-state index in [-0.39, 0.29) is 11.5 Å². The number of hydrogen-bond acceptors (Lipinski definition) is 5. The summed E-state index contributed by atoms with van der Waals surface area (Å²) in [6, 6.07) is 1.15. The van der Waals surface area contributed by atoms with Gasteiger partial charge in [-0.2, -0.15) is 5.10 Å². The van der Waals surface area contributed by atoms with Crippen LogP contribution in [0.1, 0.15) is 29.4 Å². The summed E-state index contributed by atoms with van der Waals surface area (Å²) in [4.78, 5) is 31.2. The zero-order valence-corrected chi connectivity index (χ0v) is 15.2. The van der Waals surface area contributed by atoms with Crippen LogP contribution in [0.5, 0.6) is 0 Å². The Morgan fingerprint density at radius 3 is 2.71 bits per heavy atom. The van der Waals surface area contributed by atoms with Gasteiger partial charge in [-0.1, -0.05) is 11.6 Å². The van der Waals surface area contributed by atoms with Gasteiger partial charge >= 0.3 is 0 Å². The first-order valence-corrected chi connectivity index (χ1v) is 8.49. The van der Waals surface area contributed by atoms with Crippen molar-refractivity contribution in [3.05, 3.63) is 44.0 Å². The van der Waals surface area contributed by atoms with Gasteiger partial charge in [0.1, 0.15) is 16.7 Å². The van der Waals surface area contributed by atoms with Gasteiger partial charge < -0.3 is 0 Å². The fourth-order valence-electron chi connectivity index (χ4n) is 2.44. The number of amides is 1. The largest absolute Gasteiger partial charge is 0.281 e. The van der Waals surface area contributed by atoms with E-state index in [0.717, 1.165) is 4.88 Å². The molecule has 3 aromatic rings. The number of fused-ring (bicyclic) bond motifs is 1. The minimum absolute atomic E-state index is 0.294. The van der Waals surface area contributed by atoms with Crippen molar-refractivity contribution < 1.29 is 4.79 Å². The van der Waals surface area contributed by atoms with Crippen LogP contribution >= 0.6 is 22.9 Å². The molecule has 0 unspecified atom stereocenters. The van der Waals surface area contributed by atoms with Crippen LogP contribution in [0.15, 0.2) is 17.1 Å². The van der Waals surface area contributed by atoms with Gasteiger partial charge in [0.15, 0.2) is 0 Å². The number of carbonyl (C=O) groups excluding carboxylic acids is 1. The van der Waals surface area contributed by atoms with E-state index >= 15 is 0 Å². The molecule has 0 aliphatic rings. The summed E-state index contributed by atoms with van der Waals surface area (Å²) in [5.74, 6) is 0.0429. The highest BCUT2D eigenvalue weighted by atomic mass is 35.5. The highest BCUT2D eigenvalue weighted by molar-refractivity contribution is 7.18. The summed E-state index contributed by atoms with van der Waals surface area (Å²) < 4.78 is 2.69. The molecule has 3 aromatic heterocycles. The van der Waals surface area contributed by atoms with E-state index in [1.807, 2.05) is 6.92 Å². The molecule has 0 spiro atoms. The van der Waals surface area contributed by atoms with Gasteiger partial charge in [0.2, 0.25) is 0 Å². The van der Waals surface area contributed by atoms with Crippen molar-refractivity contribution in [1.29, 1.82) is 0 Å². The Morgan fingerprint density at radius 2 is 2.08 bits per heavy atom. The molecule has 0 aliphatic carbocycles. The van der Waals surface area contributed by atoms with Crippen molar-refractivity contribution >= 4 is 39.1 Å². The number of nitrogens with one attached hydrogen (secondary N) is 1. The maximum absolute atomic E-state index is 12.6. The smallest absolute Gasteiger partial charge is 0.271 e. The van der Waals surface area contributed by atoms with Crippen molar-refractivity contribution in [1.82, 2.24) is 19.4 Å². The highest BCUT2D eigenvalue weighted by Crippen LogP contribution is 2.21. The topological polar surface area (TPSA) is 81.8 Å². The van der Waals surface area contributed by atoms with Crippen LogP contribution in [0.2, 0.25) is 5.02 Å². The van der Waals surface area contributed by atoms with Gasteiger partial charge in [0.25, 0.3) is 11.5 Å². The summed E-state index contributed by atoms with van der Waals surface area (Å²) >= 11 is 7.43. The molecule has 0 radical (unpaired) electrons. The maximum Gasteiger partial charge on any atom is 0.281 e. The van der Waals surface area contributed by atoms with Crippen LogP contribution < -0.4 is 11.0 Å². The van der Waals surface area contributed by atoms with Gasteiger partial charge in [-0.05, 0) is 33.8 Å². The van der Waals surface area contributed by atoms with Crippen molar-refractivity contribution in [2.24, 2.45) is 0 Å². The Balaban J connectivity index is 1.96. The van der Waals surface area contributed by atoms with Gasteiger partial charge in [-0.3, -0.25) is 19.7 Å². The number of carbonyl (C=O) groups is 1. The van der Waals surface area contributed by atoms with Crippen LogP contribution in [0.25, 0.3) is 10.2 Å². The number of nitrogens with zero attached hydrogens (tertiary/aromatic N) is 4. The number of hydrogen-bond donors (Lipinski definition) is 1. The number of aryl methyl sites for hydroxylation is 2. The normalized spacial score (nSPS) is 12.5. The van der Waals surface area contributed by atoms with E-state index in [0.29, 0.717) is 26.8 Å². The minimum atomic E-state index is -0.622. The number of halogens is 1. The molecule has 0 bridgehead atoms. The molecular formula is C15H16ClN5O2S. The van der Waals surface area contributed by atoms with Crippen molar-refractivity contribution in [2.45, 2.75) is 33.7 Å².